The molecule has 0 saturated carbocycles. The van der Waals surface area contributed by atoms with Gasteiger partial charge >= 0.3 is 0 Å². The van der Waals surface area contributed by atoms with E-state index in [0.29, 0.717) is 22.6 Å². The molecule has 0 amide bonds. The topological polar surface area (TPSA) is 62.3 Å². The van der Waals surface area contributed by atoms with Crippen LogP contribution in [0.2, 0.25) is 5.02 Å². The second-order valence-electron chi connectivity index (χ2n) is 6.47. The lowest BCUT2D eigenvalue weighted by atomic mass is 10.1. The predicted molar refractivity (Wildman–Crippen MR) is 106 cm³/mol. The Balaban J connectivity index is 1.88. The maximum absolute atomic E-state index is 14.6. The summed E-state index contributed by atoms with van der Waals surface area (Å²) >= 11 is 6.22. The molecule has 5 nitrogen and oxygen atoms in total. The molecule has 2 heterocycles. The molecule has 1 atom stereocenters. The van der Waals surface area contributed by atoms with Gasteiger partial charge in [0.2, 0.25) is 0 Å². The van der Waals surface area contributed by atoms with Gasteiger partial charge in [0.05, 0.1) is 22.4 Å². The van der Waals surface area contributed by atoms with Crippen LogP contribution in [0.15, 0.2) is 41.5 Å². The number of ether oxygens (including phenoxy) is 1. The number of hydrogen-bond acceptors (Lipinski definition) is 4. The molecule has 28 heavy (non-hydrogen) atoms. The molecule has 0 saturated heterocycles. The van der Waals surface area contributed by atoms with Crippen molar-refractivity contribution in [1.29, 1.82) is 0 Å². The normalized spacial score (nSPS) is 13.7. The Morgan fingerprint density at radius 1 is 1.21 bits per heavy atom. The number of fused-ring (bicyclic) bond motifs is 3. The SMILES string of the molecule is CC[C@H](C)Oc1cc2c(cc1F)-c1n[nH]cc1N=C(c1c(F)cccc1Cl)N2. The van der Waals surface area contributed by atoms with E-state index in [9.17, 15) is 8.78 Å². The van der Waals surface area contributed by atoms with Gasteiger partial charge in [-0.3, -0.25) is 5.10 Å². The van der Waals surface area contributed by atoms with Crippen LogP contribution in [-0.2, 0) is 0 Å². The van der Waals surface area contributed by atoms with E-state index < -0.39 is 11.6 Å². The fourth-order valence-corrected chi connectivity index (χ4v) is 3.18. The Hall–Kier alpha value is -2.93. The van der Waals surface area contributed by atoms with Crippen molar-refractivity contribution in [3.05, 3.63) is 58.7 Å². The average molecular weight is 403 g/mol. The van der Waals surface area contributed by atoms with Gasteiger partial charge in [-0.25, -0.2) is 13.8 Å². The zero-order chi connectivity index (χ0) is 19.8. The molecule has 0 bridgehead atoms. The fourth-order valence-electron chi connectivity index (χ4n) is 2.93. The molecule has 0 spiro atoms. The van der Waals surface area contributed by atoms with Gasteiger partial charge in [0, 0.05) is 17.8 Å². The molecule has 0 aliphatic carbocycles. The number of anilines is 1. The van der Waals surface area contributed by atoms with Gasteiger partial charge in [0.15, 0.2) is 11.6 Å². The minimum absolute atomic E-state index is 0.0959. The van der Waals surface area contributed by atoms with Gasteiger partial charge in [0.25, 0.3) is 0 Å². The molecule has 2 N–H and O–H groups in total. The van der Waals surface area contributed by atoms with Gasteiger partial charge in [-0.15, -0.1) is 0 Å². The summed E-state index contributed by atoms with van der Waals surface area (Å²) in [6.45, 7) is 3.81. The van der Waals surface area contributed by atoms with E-state index in [4.69, 9.17) is 16.3 Å². The van der Waals surface area contributed by atoms with Crippen molar-refractivity contribution in [1.82, 2.24) is 10.2 Å². The van der Waals surface area contributed by atoms with E-state index >= 15 is 0 Å². The highest BCUT2D eigenvalue weighted by Crippen LogP contribution is 2.40. The summed E-state index contributed by atoms with van der Waals surface area (Å²) in [4.78, 5) is 4.47. The van der Waals surface area contributed by atoms with Crippen molar-refractivity contribution in [3.8, 4) is 17.0 Å². The number of aromatic amines is 1. The first-order valence-electron chi connectivity index (χ1n) is 8.82. The van der Waals surface area contributed by atoms with Crippen molar-refractivity contribution < 1.29 is 13.5 Å². The second kappa shape index (κ2) is 7.24. The summed E-state index contributed by atoms with van der Waals surface area (Å²) in [6, 6.07) is 7.26. The third-order valence-corrected chi connectivity index (χ3v) is 4.85. The highest BCUT2D eigenvalue weighted by Gasteiger charge is 2.24. The summed E-state index contributed by atoms with van der Waals surface area (Å²) in [5, 5.41) is 10.2. The number of aromatic nitrogens is 2. The number of H-pyrrole nitrogens is 1. The Bertz CT molecular complexity index is 1060. The molecular formula is C20H17ClF2N4O. The first kappa shape index (κ1) is 18.4. The predicted octanol–water partition coefficient (Wildman–Crippen LogP) is 5.69. The standard InChI is InChI=1S/C20H17ClF2N4O/c1-3-10(2)28-17-8-15-11(7-14(17)23)19-16(9-24-27-19)26-20(25-15)18-12(21)5-4-6-13(18)22/h4-10H,3H2,1-2H3,(H,24,27)(H,25,26)/t10-/m0/s1. The minimum Gasteiger partial charge on any atom is -0.488 e. The quantitative estimate of drug-likeness (QED) is 0.589. The van der Waals surface area contributed by atoms with Crippen molar-refractivity contribution in [2.45, 2.75) is 26.4 Å². The Labute approximate surface area is 165 Å². The first-order valence-corrected chi connectivity index (χ1v) is 9.20. The number of aliphatic imine (C=N–C) groups is 1. The number of benzene rings is 2. The van der Waals surface area contributed by atoms with Crippen LogP contribution in [0.25, 0.3) is 11.3 Å². The van der Waals surface area contributed by atoms with Crippen LogP contribution in [-0.4, -0.2) is 22.1 Å². The van der Waals surface area contributed by atoms with E-state index in [-0.39, 0.29) is 28.3 Å². The van der Waals surface area contributed by atoms with Gasteiger partial charge in [-0.1, -0.05) is 24.6 Å². The lowest BCUT2D eigenvalue weighted by molar-refractivity contribution is 0.208. The van der Waals surface area contributed by atoms with Crippen molar-refractivity contribution in [2.24, 2.45) is 4.99 Å². The monoisotopic (exact) mass is 402 g/mol. The highest BCUT2D eigenvalue weighted by molar-refractivity contribution is 6.35. The van der Waals surface area contributed by atoms with E-state index in [0.717, 1.165) is 6.42 Å². The molecule has 0 unspecified atom stereocenters. The summed E-state index contributed by atoms with van der Waals surface area (Å²) in [5.41, 5.74) is 1.98. The molecule has 0 fully saturated rings. The molecule has 1 aliphatic heterocycles. The molecule has 2 aromatic carbocycles. The number of hydrogen-bond donors (Lipinski definition) is 2. The minimum atomic E-state index is -0.523. The maximum Gasteiger partial charge on any atom is 0.165 e. The van der Waals surface area contributed by atoms with Crippen LogP contribution < -0.4 is 10.1 Å². The molecule has 8 heteroatoms. The number of rotatable bonds is 4. The van der Waals surface area contributed by atoms with Crippen LogP contribution in [0, 0.1) is 11.6 Å². The van der Waals surface area contributed by atoms with Crippen molar-refractivity contribution in [2.75, 3.05) is 5.32 Å². The van der Waals surface area contributed by atoms with Crippen LogP contribution in [0.4, 0.5) is 20.2 Å². The number of nitrogens with zero attached hydrogens (tertiary/aromatic N) is 2. The molecule has 1 aliphatic rings. The zero-order valence-corrected chi connectivity index (χ0v) is 15.9. The Kier molecular flexibility index (Phi) is 4.77. The molecule has 0 radical (unpaired) electrons. The smallest absolute Gasteiger partial charge is 0.165 e. The van der Waals surface area contributed by atoms with Gasteiger partial charge in [0.1, 0.15) is 23.0 Å². The summed E-state index contributed by atoms with van der Waals surface area (Å²) in [5.74, 6) is -0.739. The van der Waals surface area contributed by atoms with E-state index in [1.807, 2.05) is 13.8 Å². The van der Waals surface area contributed by atoms with Crippen molar-refractivity contribution >= 4 is 28.8 Å². The maximum atomic E-state index is 14.6. The third kappa shape index (κ3) is 3.22. The summed E-state index contributed by atoms with van der Waals surface area (Å²) < 4.78 is 34.8. The lowest BCUT2D eigenvalue weighted by Crippen LogP contribution is -2.16. The molecule has 1 aromatic heterocycles. The molecule has 4 rings (SSSR count). The number of nitrogens with one attached hydrogen (secondary N) is 2. The highest BCUT2D eigenvalue weighted by atomic mass is 35.5. The Morgan fingerprint density at radius 3 is 2.79 bits per heavy atom. The fraction of sp³-hybridized carbons (Fsp3) is 0.200. The van der Waals surface area contributed by atoms with Crippen LogP contribution in [0.5, 0.6) is 5.75 Å². The first-order chi connectivity index (χ1) is 13.5. The van der Waals surface area contributed by atoms with Gasteiger partial charge in [-0.05, 0) is 31.5 Å². The third-order valence-electron chi connectivity index (χ3n) is 4.54. The van der Waals surface area contributed by atoms with E-state index in [2.05, 4.69) is 20.5 Å². The van der Waals surface area contributed by atoms with Gasteiger partial charge in [-0.2, -0.15) is 5.10 Å². The van der Waals surface area contributed by atoms with E-state index in [1.54, 1.807) is 12.3 Å². The molecule has 144 valence electrons. The lowest BCUT2D eigenvalue weighted by Gasteiger charge is -2.17. The van der Waals surface area contributed by atoms with Crippen LogP contribution in [0.1, 0.15) is 25.8 Å². The number of amidine groups is 1. The van der Waals surface area contributed by atoms with E-state index in [1.165, 1.54) is 24.3 Å². The molecular weight excluding hydrogens is 386 g/mol. The van der Waals surface area contributed by atoms with Gasteiger partial charge < -0.3 is 10.1 Å². The largest absolute Gasteiger partial charge is 0.488 e. The number of halogens is 3. The Morgan fingerprint density at radius 2 is 2.04 bits per heavy atom. The van der Waals surface area contributed by atoms with Crippen LogP contribution in [0.3, 0.4) is 0 Å². The zero-order valence-electron chi connectivity index (χ0n) is 15.2. The average Bonchev–Trinajstić information content (AvgIpc) is 3.06. The second-order valence-corrected chi connectivity index (χ2v) is 6.87. The summed E-state index contributed by atoms with van der Waals surface area (Å²) in [7, 11) is 0. The molecule has 3 aromatic rings. The van der Waals surface area contributed by atoms with Crippen molar-refractivity contribution in [3.63, 3.8) is 0 Å². The van der Waals surface area contributed by atoms with Crippen LogP contribution >= 0.6 is 11.6 Å². The summed E-state index contributed by atoms with van der Waals surface area (Å²) in [6.07, 6.45) is 2.13.